The molecule has 2 N–H and O–H groups in total. The van der Waals surface area contributed by atoms with Crippen LogP contribution in [-0.4, -0.2) is 21.4 Å². The van der Waals surface area contributed by atoms with E-state index in [1.165, 1.54) is 13.1 Å². The maximum atomic E-state index is 13.4. The van der Waals surface area contributed by atoms with Crippen molar-refractivity contribution >= 4 is 50.5 Å². The monoisotopic (exact) mass is 396 g/mol. The molecule has 2 rings (SSSR count). The summed E-state index contributed by atoms with van der Waals surface area (Å²) in [5, 5.41) is 2.40. The van der Waals surface area contributed by atoms with Gasteiger partial charge in [-0.1, -0.05) is 23.2 Å². The number of carbonyl (C=O) groups is 1. The van der Waals surface area contributed by atoms with Crippen LogP contribution in [0.2, 0.25) is 10.0 Å². The van der Waals surface area contributed by atoms with Gasteiger partial charge in [0.05, 0.1) is 22.2 Å². The molecule has 124 valence electrons. The van der Waals surface area contributed by atoms with E-state index in [-0.39, 0.29) is 26.4 Å². The molecule has 0 saturated carbocycles. The summed E-state index contributed by atoms with van der Waals surface area (Å²) < 4.78 is 39.0. The Hall–Kier alpha value is -1.19. The number of thiophene rings is 1. The van der Waals surface area contributed by atoms with E-state index in [1.807, 2.05) is 0 Å². The van der Waals surface area contributed by atoms with Crippen LogP contribution in [0.1, 0.15) is 15.2 Å². The molecule has 5 nitrogen and oxygen atoms in total. The first-order valence-corrected chi connectivity index (χ1v) is 9.25. The van der Waals surface area contributed by atoms with E-state index < -0.39 is 21.7 Å². The van der Waals surface area contributed by atoms with Crippen molar-refractivity contribution in [3.63, 3.8) is 0 Å². The van der Waals surface area contributed by atoms with E-state index in [9.17, 15) is 17.6 Å². The number of halogens is 3. The lowest BCUT2D eigenvalue weighted by molar-refractivity contribution is 0.0951. The van der Waals surface area contributed by atoms with Gasteiger partial charge in [0.25, 0.3) is 5.91 Å². The number of nitrogens with one attached hydrogen (secondary N) is 2. The third-order valence-electron chi connectivity index (χ3n) is 2.85. The molecular weight excluding hydrogens is 386 g/mol. The lowest BCUT2D eigenvalue weighted by atomic mass is 10.2. The average Bonchev–Trinajstić information content (AvgIpc) is 2.98. The minimum atomic E-state index is -3.51. The minimum absolute atomic E-state index is 0.0264. The third-order valence-corrected chi connectivity index (χ3v) is 6.44. The van der Waals surface area contributed by atoms with Crippen LogP contribution < -0.4 is 10.0 Å². The Balaban J connectivity index is 2.10. The first kappa shape index (κ1) is 18.2. The summed E-state index contributed by atoms with van der Waals surface area (Å²) in [6, 6.07) is 5.12. The van der Waals surface area contributed by atoms with Crippen LogP contribution in [0.15, 0.2) is 28.5 Å². The fourth-order valence-corrected chi connectivity index (χ4v) is 4.26. The van der Waals surface area contributed by atoms with Crippen LogP contribution in [0.25, 0.3) is 0 Å². The molecule has 1 aromatic heterocycles. The highest BCUT2D eigenvalue weighted by atomic mass is 35.5. The van der Waals surface area contributed by atoms with Crippen LogP contribution in [0.4, 0.5) is 4.39 Å². The number of amides is 1. The van der Waals surface area contributed by atoms with Gasteiger partial charge in [0.1, 0.15) is 10.0 Å². The maximum absolute atomic E-state index is 13.4. The Morgan fingerprint density at radius 3 is 2.61 bits per heavy atom. The number of carbonyl (C=O) groups excluding carboxylic acids is 1. The number of hydrogen-bond acceptors (Lipinski definition) is 4. The zero-order valence-corrected chi connectivity index (χ0v) is 14.8. The molecule has 0 aliphatic rings. The van der Waals surface area contributed by atoms with Crippen molar-refractivity contribution in [2.75, 3.05) is 7.05 Å². The second kappa shape index (κ2) is 7.14. The highest BCUT2D eigenvalue weighted by Gasteiger charge is 2.16. The van der Waals surface area contributed by atoms with E-state index in [4.69, 9.17) is 23.2 Å². The van der Waals surface area contributed by atoms with Crippen LogP contribution >= 0.6 is 34.5 Å². The van der Waals surface area contributed by atoms with Gasteiger partial charge >= 0.3 is 0 Å². The predicted molar refractivity (Wildman–Crippen MR) is 88.2 cm³/mol. The normalized spacial score (nSPS) is 11.5. The molecule has 1 heterocycles. The number of hydrogen-bond donors (Lipinski definition) is 2. The summed E-state index contributed by atoms with van der Waals surface area (Å²) >= 11 is 12.5. The second-order valence-electron chi connectivity index (χ2n) is 4.36. The lowest BCUT2D eigenvalue weighted by Gasteiger charge is -2.06. The summed E-state index contributed by atoms with van der Waals surface area (Å²) in [6.45, 7) is 0.0866. The van der Waals surface area contributed by atoms with Gasteiger partial charge in [0.2, 0.25) is 10.0 Å². The quantitative estimate of drug-likeness (QED) is 0.762. The molecule has 1 aromatic carbocycles. The van der Waals surface area contributed by atoms with E-state index in [1.54, 1.807) is 6.07 Å². The molecule has 23 heavy (non-hydrogen) atoms. The Labute approximate surface area is 146 Å². The number of sulfonamides is 1. The highest BCUT2D eigenvalue weighted by molar-refractivity contribution is 7.91. The van der Waals surface area contributed by atoms with Gasteiger partial charge in [-0.2, -0.15) is 0 Å². The van der Waals surface area contributed by atoms with Gasteiger partial charge in [0, 0.05) is 4.88 Å². The van der Waals surface area contributed by atoms with Gasteiger partial charge in [-0.3, -0.25) is 4.79 Å². The molecule has 2 aromatic rings. The first-order chi connectivity index (χ1) is 10.7. The minimum Gasteiger partial charge on any atom is -0.347 e. The summed E-state index contributed by atoms with van der Waals surface area (Å²) in [6.07, 6.45) is 0. The van der Waals surface area contributed by atoms with Crippen molar-refractivity contribution in [1.82, 2.24) is 10.0 Å². The molecule has 0 radical (unpaired) electrons. The Bertz CT molecular complexity index is 853. The van der Waals surface area contributed by atoms with Crippen molar-refractivity contribution in [3.8, 4) is 0 Å². The van der Waals surface area contributed by atoms with Crippen molar-refractivity contribution in [3.05, 3.63) is 50.6 Å². The number of rotatable bonds is 5. The average molecular weight is 397 g/mol. The SMILES string of the molecule is CNS(=O)(=O)c1ccc(CNC(=O)c2cc(F)c(Cl)cc2Cl)s1. The van der Waals surface area contributed by atoms with Gasteiger partial charge in [-0.15, -0.1) is 11.3 Å². The Kier molecular flexibility index (Phi) is 5.64. The fraction of sp³-hybridized carbons (Fsp3) is 0.154. The van der Waals surface area contributed by atoms with Crippen molar-refractivity contribution in [2.45, 2.75) is 10.8 Å². The Morgan fingerprint density at radius 2 is 1.96 bits per heavy atom. The molecule has 0 unspecified atom stereocenters. The molecule has 0 aliphatic heterocycles. The van der Waals surface area contributed by atoms with E-state index in [0.29, 0.717) is 4.88 Å². The van der Waals surface area contributed by atoms with Crippen LogP contribution in [0.3, 0.4) is 0 Å². The summed E-state index contributed by atoms with van der Waals surface area (Å²) in [5.41, 5.74) is -0.0480. The van der Waals surface area contributed by atoms with Crippen LogP contribution in [0.5, 0.6) is 0 Å². The zero-order valence-electron chi connectivity index (χ0n) is 11.7. The molecule has 10 heteroatoms. The summed E-state index contributed by atoms with van der Waals surface area (Å²) in [7, 11) is -2.20. The molecule has 0 saturated heterocycles. The number of benzene rings is 1. The van der Waals surface area contributed by atoms with Gasteiger partial charge in [0.15, 0.2) is 0 Å². The lowest BCUT2D eigenvalue weighted by Crippen LogP contribution is -2.22. The smallest absolute Gasteiger partial charge is 0.253 e. The summed E-state index contributed by atoms with van der Waals surface area (Å²) in [5.74, 6) is -1.34. The Morgan fingerprint density at radius 1 is 1.26 bits per heavy atom. The van der Waals surface area contributed by atoms with Crippen LogP contribution in [-0.2, 0) is 16.6 Å². The zero-order chi connectivity index (χ0) is 17.2. The molecule has 0 spiro atoms. The third kappa shape index (κ3) is 4.21. The van der Waals surface area contributed by atoms with Crippen molar-refractivity contribution in [1.29, 1.82) is 0 Å². The molecule has 0 bridgehead atoms. The van der Waals surface area contributed by atoms with E-state index in [2.05, 4.69) is 10.0 Å². The predicted octanol–water partition coefficient (Wildman–Crippen LogP) is 3.03. The van der Waals surface area contributed by atoms with E-state index in [0.717, 1.165) is 23.5 Å². The second-order valence-corrected chi connectivity index (χ2v) is 8.45. The molecule has 0 aliphatic carbocycles. The topological polar surface area (TPSA) is 75.3 Å². The molecule has 0 atom stereocenters. The molecule has 0 fully saturated rings. The van der Waals surface area contributed by atoms with Crippen LogP contribution in [0, 0.1) is 5.82 Å². The highest BCUT2D eigenvalue weighted by Crippen LogP contribution is 2.25. The fourth-order valence-electron chi connectivity index (χ4n) is 1.66. The summed E-state index contributed by atoms with van der Waals surface area (Å²) in [4.78, 5) is 12.7. The first-order valence-electron chi connectivity index (χ1n) is 6.19. The maximum Gasteiger partial charge on any atom is 0.253 e. The molecular formula is C13H11Cl2FN2O3S2. The van der Waals surface area contributed by atoms with Crippen molar-refractivity contribution in [2.24, 2.45) is 0 Å². The largest absolute Gasteiger partial charge is 0.347 e. The van der Waals surface area contributed by atoms with Gasteiger partial charge in [-0.05, 0) is 31.3 Å². The van der Waals surface area contributed by atoms with E-state index >= 15 is 0 Å². The molecule has 1 amide bonds. The van der Waals surface area contributed by atoms with Crippen molar-refractivity contribution < 1.29 is 17.6 Å². The standard InChI is InChI=1S/C13H11Cl2FN2O3S2/c1-17-23(20,21)12-3-2-7(22-12)6-18-13(19)8-4-11(16)10(15)5-9(8)14/h2-5,17H,6H2,1H3,(H,18,19). The van der Waals surface area contributed by atoms with Gasteiger partial charge < -0.3 is 5.32 Å². The van der Waals surface area contributed by atoms with Gasteiger partial charge in [-0.25, -0.2) is 17.5 Å².